The fourth-order valence-corrected chi connectivity index (χ4v) is 4.96. The van der Waals surface area contributed by atoms with E-state index in [1.165, 1.54) is 6.42 Å². The summed E-state index contributed by atoms with van der Waals surface area (Å²) >= 11 is 0. The Bertz CT molecular complexity index is 902. The van der Waals surface area contributed by atoms with Gasteiger partial charge in [0.15, 0.2) is 0 Å². The summed E-state index contributed by atoms with van der Waals surface area (Å²) in [5.74, 6) is -0.271. The molecule has 3 unspecified atom stereocenters. The second-order valence-corrected chi connectivity index (χ2v) is 11.9. The van der Waals surface area contributed by atoms with Crippen LogP contribution < -0.4 is 10.6 Å². The van der Waals surface area contributed by atoms with Gasteiger partial charge in [-0.2, -0.15) is 0 Å². The van der Waals surface area contributed by atoms with E-state index in [1.54, 1.807) is 25.7 Å². The summed E-state index contributed by atoms with van der Waals surface area (Å²) < 4.78 is 5.48. The second kappa shape index (κ2) is 13.8. The molecule has 0 aliphatic heterocycles. The molecule has 7 nitrogen and oxygen atoms in total. The largest absolute Gasteiger partial charge is 0.444 e. The number of benzene rings is 1. The first kappa shape index (κ1) is 30.7. The van der Waals surface area contributed by atoms with Gasteiger partial charge in [-0.25, -0.2) is 4.79 Å². The molecule has 3 amide bonds. The monoisotopic (exact) mass is 515 g/mol. The highest BCUT2D eigenvalue weighted by atomic mass is 16.6. The Kier molecular flexibility index (Phi) is 11.5. The number of carbonyl (C=O) groups excluding carboxylic acids is 3. The zero-order chi connectivity index (χ0) is 27.8. The Hall–Kier alpha value is -2.57. The number of carbonyl (C=O) groups is 3. The van der Waals surface area contributed by atoms with Gasteiger partial charge in [0.1, 0.15) is 17.7 Å². The van der Waals surface area contributed by atoms with E-state index in [2.05, 4.69) is 10.6 Å². The molecule has 0 heterocycles. The summed E-state index contributed by atoms with van der Waals surface area (Å²) in [6.45, 7) is 15.4. The van der Waals surface area contributed by atoms with E-state index in [4.69, 9.17) is 4.74 Å². The molecule has 0 saturated heterocycles. The van der Waals surface area contributed by atoms with Gasteiger partial charge in [0, 0.05) is 12.1 Å². The Morgan fingerprint density at radius 1 is 1.05 bits per heavy atom. The van der Waals surface area contributed by atoms with Crippen LogP contribution in [-0.2, 0) is 14.3 Å². The van der Waals surface area contributed by atoms with Crippen molar-refractivity contribution in [2.75, 3.05) is 0 Å². The predicted octanol–water partition coefficient (Wildman–Crippen LogP) is 6.05. The summed E-state index contributed by atoms with van der Waals surface area (Å²) in [4.78, 5) is 42.7. The molecule has 0 radical (unpaired) electrons. The van der Waals surface area contributed by atoms with Crippen molar-refractivity contribution in [1.29, 1.82) is 0 Å². The van der Waals surface area contributed by atoms with Gasteiger partial charge >= 0.3 is 6.09 Å². The number of nitrogens with one attached hydrogen (secondary N) is 2. The maximum atomic E-state index is 14.3. The van der Waals surface area contributed by atoms with Crippen LogP contribution in [0, 0.1) is 12.8 Å². The minimum absolute atomic E-state index is 0.119. The van der Waals surface area contributed by atoms with Crippen molar-refractivity contribution in [2.24, 2.45) is 5.92 Å². The lowest BCUT2D eigenvalue weighted by molar-refractivity contribution is -0.145. The predicted molar refractivity (Wildman–Crippen MR) is 148 cm³/mol. The molecular weight excluding hydrogens is 466 g/mol. The third-order valence-electron chi connectivity index (χ3n) is 6.98. The summed E-state index contributed by atoms with van der Waals surface area (Å²) in [5.41, 5.74) is 1.08. The maximum absolute atomic E-state index is 14.3. The Labute approximate surface area is 224 Å². The highest BCUT2D eigenvalue weighted by molar-refractivity contribution is 5.92. The average Bonchev–Trinajstić information content (AvgIpc) is 2.81. The Morgan fingerprint density at radius 3 is 2.22 bits per heavy atom. The minimum atomic E-state index is -0.808. The number of aryl methyl sites for hydroxylation is 1. The topological polar surface area (TPSA) is 87.7 Å². The number of ether oxygens (including phenoxy) is 1. The van der Waals surface area contributed by atoms with Gasteiger partial charge in [0.25, 0.3) is 0 Å². The van der Waals surface area contributed by atoms with Crippen molar-refractivity contribution in [1.82, 2.24) is 15.5 Å². The van der Waals surface area contributed by atoms with Crippen molar-refractivity contribution in [3.8, 4) is 0 Å². The maximum Gasteiger partial charge on any atom is 0.408 e. The van der Waals surface area contributed by atoms with Crippen LogP contribution >= 0.6 is 0 Å². The molecule has 1 fully saturated rings. The average molecular weight is 516 g/mol. The molecular formula is C30H49N3O4. The fourth-order valence-electron chi connectivity index (χ4n) is 4.96. The third kappa shape index (κ3) is 9.35. The number of nitrogens with zero attached hydrogens (tertiary/aromatic N) is 1. The van der Waals surface area contributed by atoms with Crippen LogP contribution in [0.1, 0.15) is 111 Å². The van der Waals surface area contributed by atoms with Gasteiger partial charge in [-0.3, -0.25) is 9.59 Å². The Balaban J connectivity index is 2.50. The molecule has 1 saturated carbocycles. The molecule has 1 aliphatic rings. The van der Waals surface area contributed by atoms with Gasteiger partial charge in [-0.1, -0.05) is 64.3 Å². The van der Waals surface area contributed by atoms with Crippen LogP contribution in [0.4, 0.5) is 4.79 Å². The number of amides is 3. The lowest BCUT2D eigenvalue weighted by Gasteiger charge is -2.39. The summed E-state index contributed by atoms with van der Waals surface area (Å²) in [6, 6.07) is 6.06. The fraction of sp³-hybridized carbons (Fsp3) is 0.700. The molecule has 2 N–H and O–H groups in total. The molecule has 1 aliphatic carbocycles. The van der Waals surface area contributed by atoms with Crippen LogP contribution in [0.3, 0.4) is 0 Å². The first-order valence-electron chi connectivity index (χ1n) is 14.0. The lowest BCUT2D eigenvalue weighted by atomic mass is 9.92. The van der Waals surface area contributed by atoms with E-state index in [-0.39, 0.29) is 29.8 Å². The van der Waals surface area contributed by atoms with Crippen LogP contribution in [0.15, 0.2) is 24.3 Å². The second-order valence-electron chi connectivity index (χ2n) is 11.9. The van der Waals surface area contributed by atoms with Crippen LogP contribution in [0.25, 0.3) is 0 Å². The van der Waals surface area contributed by atoms with Gasteiger partial charge in [-0.15, -0.1) is 0 Å². The van der Waals surface area contributed by atoms with Crippen molar-refractivity contribution in [2.45, 2.75) is 130 Å². The van der Waals surface area contributed by atoms with Gasteiger partial charge in [0.2, 0.25) is 11.8 Å². The van der Waals surface area contributed by atoms with Crippen molar-refractivity contribution in [3.63, 3.8) is 0 Å². The van der Waals surface area contributed by atoms with Crippen LogP contribution in [-0.4, -0.2) is 46.5 Å². The summed E-state index contributed by atoms with van der Waals surface area (Å²) in [6.07, 6.45) is 5.79. The molecule has 1 aromatic carbocycles. The SMILES string of the molecule is CCC(C)N(C(=O)C(CC(C)C)NC(=O)OC(C)(C)C)C(C(=O)NC1CCCCC1)c1ccccc1C. The van der Waals surface area contributed by atoms with Crippen LogP contribution in [0.2, 0.25) is 0 Å². The van der Waals surface area contributed by atoms with Gasteiger partial charge < -0.3 is 20.3 Å². The molecule has 0 bridgehead atoms. The molecule has 3 atom stereocenters. The smallest absolute Gasteiger partial charge is 0.408 e. The third-order valence-corrected chi connectivity index (χ3v) is 6.98. The van der Waals surface area contributed by atoms with E-state index in [0.29, 0.717) is 12.8 Å². The Morgan fingerprint density at radius 2 is 1.68 bits per heavy atom. The quantitative estimate of drug-likeness (QED) is 0.397. The number of alkyl carbamates (subject to hydrolysis) is 1. The van der Waals surface area contributed by atoms with Gasteiger partial charge in [-0.05, 0) is 77.3 Å². The first-order chi connectivity index (χ1) is 17.3. The zero-order valence-electron chi connectivity index (χ0n) is 24.2. The van der Waals surface area contributed by atoms with Crippen LogP contribution in [0.5, 0.6) is 0 Å². The summed E-state index contributed by atoms with van der Waals surface area (Å²) in [5, 5.41) is 6.09. The molecule has 7 heteroatoms. The highest BCUT2D eigenvalue weighted by Crippen LogP contribution is 2.30. The minimum Gasteiger partial charge on any atom is -0.444 e. The van der Waals surface area contributed by atoms with Crippen molar-refractivity contribution < 1.29 is 19.1 Å². The molecule has 2 rings (SSSR count). The molecule has 0 aromatic heterocycles. The lowest BCUT2D eigenvalue weighted by Crippen LogP contribution is -2.56. The van der Waals surface area contributed by atoms with Crippen molar-refractivity contribution >= 4 is 17.9 Å². The van der Waals surface area contributed by atoms with Gasteiger partial charge in [0.05, 0.1) is 0 Å². The zero-order valence-corrected chi connectivity index (χ0v) is 24.2. The number of rotatable bonds is 10. The molecule has 208 valence electrons. The number of hydrogen-bond acceptors (Lipinski definition) is 4. The molecule has 37 heavy (non-hydrogen) atoms. The van der Waals surface area contributed by atoms with E-state index >= 15 is 0 Å². The van der Waals surface area contributed by atoms with E-state index in [0.717, 1.165) is 36.8 Å². The normalized spacial score (nSPS) is 17.0. The summed E-state index contributed by atoms with van der Waals surface area (Å²) in [7, 11) is 0. The highest BCUT2D eigenvalue weighted by Gasteiger charge is 2.39. The molecule has 1 aromatic rings. The standard InChI is InChI=1S/C30H49N3O4/c1-9-22(5)33(28(35)25(19-20(2)3)32-29(36)37-30(6,7)8)26(24-18-14-13-15-21(24)4)27(34)31-23-16-11-10-12-17-23/h13-15,18,20,22-23,25-26H,9-12,16-17,19H2,1-8H3,(H,31,34)(H,32,36). The number of hydrogen-bond donors (Lipinski definition) is 2. The molecule has 0 spiro atoms. The van der Waals surface area contributed by atoms with Crippen molar-refractivity contribution in [3.05, 3.63) is 35.4 Å². The van der Waals surface area contributed by atoms with E-state index < -0.39 is 23.8 Å². The first-order valence-corrected chi connectivity index (χ1v) is 14.0. The van der Waals surface area contributed by atoms with E-state index in [9.17, 15) is 14.4 Å². The van der Waals surface area contributed by atoms with E-state index in [1.807, 2.05) is 58.9 Å².